The minimum atomic E-state index is -0.866. The average molecular weight is 398 g/mol. The van der Waals surface area contributed by atoms with Gasteiger partial charge >= 0.3 is 7.12 Å². The number of nitriles is 1. The molecule has 2 aliphatic rings. The van der Waals surface area contributed by atoms with Gasteiger partial charge in [0.1, 0.15) is 5.02 Å². The third kappa shape index (κ3) is 3.79. The Morgan fingerprint density at radius 3 is 3.00 bits per heavy atom. The van der Waals surface area contributed by atoms with E-state index >= 15 is 0 Å². The molecule has 7 nitrogen and oxygen atoms in total. The highest BCUT2D eigenvalue weighted by Crippen LogP contribution is 2.29. The van der Waals surface area contributed by atoms with Crippen LogP contribution in [-0.2, 0) is 11.3 Å². The van der Waals surface area contributed by atoms with E-state index < -0.39 is 7.12 Å². The Hall–Kier alpha value is -2.34. The van der Waals surface area contributed by atoms with Crippen LogP contribution in [0.3, 0.4) is 0 Å². The predicted molar refractivity (Wildman–Crippen MR) is 109 cm³/mol. The Bertz CT molecular complexity index is 935. The number of aromatic nitrogens is 2. The third-order valence-electron chi connectivity index (χ3n) is 5.37. The van der Waals surface area contributed by atoms with E-state index in [-0.39, 0.29) is 12.0 Å². The molecule has 2 atom stereocenters. The van der Waals surface area contributed by atoms with Crippen molar-refractivity contribution in [1.82, 2.24) is 9.97 Å². The zero-order valence-electron chi connectivity index (χ0n) is 15.6. The number of fused-ring (bicyclic) bond motifs is 1. The predicted octanol–water partition coefficient (Wildman–Crippen LogP) is 2.89. The summed E-state index contributed by atoms with van der Waals surface area (Å²) >= 11 is 6.28. The van der Waals surface area contributed by atoms with Crippen molar-refractivity contribution in [2.45, 2.75) is 45.3 Å². The second-order valence-electron chi connectivity index (χ2n) is 7.32. The van der Waals surface area contributed by atoms with Crippen molar-refractivity contribution in [3.8, 4) is 6.07 Å². The van der Waals surface area contributed by atoms with Gasteiger partial charge in [-0.05, 0) is 48.5 Å². The summed E-state index contributed by atoms with van der Waals surface area (Å²) in [6.07, 6.45) is 5.54. The van der Waals surface area contributed by atoms with Crippen molar-refractivity contribution in [3.05, 3.63) is 34.5 Å². The first-order valence-electron chi connectivity index (χ1n) is 9.44. The summed E-state index contributed by atoms with van der Waals surface area (Å²) in [4.78, 5) is 8.78. The number of nitrogens with one attached hydrogen (secondary N) is 2. The monoisotopic (exact) mass is 397 g/mol. The molecule has 28 heavy (non-hydrogen) atoms. The van der Waals surface area contributed by atoms with E-state index in [4.69, 9.17) is 16.3 Å². The fourth-order valence-corrected chi connectivity index (χ4v) is 4.11. The van der Waals surface area contributed by atoms with E-state index in [1.165, 1.54) is 0 Å². The lowest BCUT2D eigenvalue weighted by Crippen LogP contribution is -2.31. The second-order valence-corrected chi connectivity index (χ2v) is 7.72. The van der Waals surface area contributed by atoms with Crippen LogP contribution >= 0.6 is 11.6 Å². The molecule has 9 heteroatoms. The quantitative estimate of drug-likeness (QED) is 0.682. The van der Waals surface area contributed by atoms with Crippen LogP contribution in [-0.4, -0.2) is 28.2 Å². The van der Waals surface area contributed by atoms with Crippen molar-refractivity contribution in [2.75, 3.05) is 10.6 Å². The fourth-order valence-electron chi connectivity index (χ4n) is 3.96. The topological polar surface area (TPSA) is 103 Å². The van der Waals surface area contributed by atoms with Gasteiger partial charge in [-0.1, -0.05) is 24.4 Å². The van der Waals surface area contributed by atoms with Crippen LogP contribution in [0.5, 0.6) is 0 Å². The van der Waals surface area contributed by atoms with Gasteiger partial charge < -0.3 is 20.3 Å². The van der Waals surface area contributed by atoms with Gasteiger partial charge in [0.2, 0.25) is 5.95 Å². The summed E-state index contributed by atoms with van der Waals surface area (Å²) in [5.74, 6) is 0.903. The van der Waals surface area contributed by atoms with Gasteiger partial charge in [-0.2, -0.15) is 10.2 Å². The maximum atomic E-state index is 9.89. The average Bonchev–Trinajstić information content (AvgIpc) is 3.06. The Balaban J connectivity index is 1.55. The molecule has 0 bridgehead atoms. The number of rotatable bonds is 4. The van der Waals surface area contributed by atoms with Gasteiger partial charge in [0, 0.05) is 11.7 Å². The maximum absolute atomic E-state index is 9.89. The normalized spacial score (nSPS) is 21.1. The number of hydrogen-bond donors (Lipinski definition) is 3. The van der Waals surface area contributed by atoms with Crippen LogP contribution in [0.25, 0.3) is 0 Å². The lowest BCUT2D eigenvalue weighted by atomic mass is 9.76. The molecule has 4 rings (SSSR count). The highest BCUT2D eigenvalue weighted by Gasteiger charge is 2.29. The van der Waals surface area contributed by atoms with Crippen LogP contribution in [0.2, 0.25) is 5.02 Å². The lowest BCUT2D eigenvalue weighted by molar-refractivity contribution is 0.275. The van der Waals surface area contributed by atoms with Crippen molar-refractivity contribution in [2.24, 2.45) is 5.92 Å². The fraction of sp³-hybridized carbons (Fsp3) is 0.421. The first kappa shape index (κ1) is 19.0. The van der Waals surface area contributed by atoms with Crippen molar-refractivity contribution in [3.63, 3.8) is 0 Å². The first-order valence-corrected chi connectivity index (χ1v) is 9.81. The molecule has 1 saturated carbocycles. The summed E-state index contributed by atoms with van der Waals surface area (Å²) < 4.78 is 5.29. The van der Waals surface area contributed by atoms with Gasteiger partial charge in [0.05, 0.1) is 24.8 Å². The molecule has 1 aromatic heterocycles. The molecule has 0 radical (unpaired) electrons. The smallest absolute Gasteiger partial charge is 0.423 e. The molecule has 0 saturated heterocycles. The van der Waals surface area contributed by atoms with Gasteiger partial charge in [-0.3, -0.25) is 0 Å². The molecule has 1 unspecified atom stereocenters. The molecule has 2 heterocycles. The van der Waals surface area contributed by atoms with Gasteiger partial charge in [0.25, 0.3) is 0 Å². The number of benzene rings is 1. The summed E-state index contributed by atoms with van der Waals surface area (Å²) in [6.45, 7) is 2.31. The molecule has 0 amide bonds. The summed E-state index contributed by atoms with van der Waals surface area (Å²) in [5.41, 5.74) is 3.53. The number of nitrogens with zero attached hydrogens (tertiary/aromatic N) is 3. The van der Waals surface area contributed by atoms with E-state index in [0.29, 0.717) is 23.4 Å². The lowest BCUT2D eigenvalue weighted by Gasteiger charge is -2.28. The third-order valence-corrected chi connectivity index (χ3v) is 5.65. The van der Waals surface area contributed by atoms with Crippen LogP contribution in [0.4, 0.5) is 17.5 Å². The molecule has 2 aromatic rings. The minimum Gasteiger partial charge on any atom is -0.423 e. The minimum absolute atomic E-state index is 0.0398. The van der Waals surface area contributed by atoms with Crippen LogP contribution in [0.15, 0.2) is 18.3 Å². The van der Waals surface area contributed by atoms with Gasteiger partial charge in [-0.25, -0.2) is 4.98 Å². The van der Waals surface area contributed by atoms with Gasteiger partial charge in [0.15, 0.2) is 5.82 Å². The molecule has 1 aliphatic heterocycles. The first-order chi connectivity index (χ1) is 13.5. The zero-order chi connectivity index (χ0) is 19.7. The largest absolute Gasteiger partial charge is 0.492 e. The SMILES string of the molecule is Cc1cc(Nc2ncc(Cl)c(N[C@H]3CCCCC3C#N)n2)cc2c1B(O)OC2. The molecule has 1 aromatic carbocycles. The second kappa shape index (κ2) is 7.96. The van der Waals surface area contributed by atoms with Crippen molar-refractivity contribution < 1.29 is 9.68 Å². The standard InChI is InChI=1S/C19H21BClN5O2/c1-11-6-14(7-13-10-28-20(27)17(11)13)24-19-23-9-15(21)18(26-19)25-16-5-3-2-4-12(16)8-22/h6-7,9,12,16,27H,2-5,10H2,1H3,(H2,23,24,25,26)/t12?,16-/m0/s1. The van der Waals surface area contributed by atoms with Crippen LogP contribution in [0.1, 0.15) is 36.8 Å². The van der Waals surface area contributed by atoms with Crippen molar-refractivity contribution >= 4 is 41.6 Å². The van der Waals surface area contributed by atoms with Crippen LogP contribution < -0.4 is 16.1 Å². The molecule has 0 spiro atoms. The Kier molecular flexibility index (Phi) is 5.40. The summed E-state index contributed by atoms with van der Waals surface area (Å²) in [5, 5.41) is 26.2. The van der Waals surface area contributed by atoms with Crippen molar-refractivity contribution in [1.29, 1.82) is 5.26 Å². The highest BCUT2D eigenvalue weighted by atomic mass is 35.5. The van der Waals surface area contributed by atoms with Crippen LogP contribution in [0, 0.1) is 24.2 Å². The Labute approximate surface area is 169 Å². The molecular weight excluding hydrogens is 377 g/mol. The number of aryl methyl sites for hydroxylation is 1. The molecule has 144 valence electrons. The Morgan fingerprint density at radius 1 is 1.36 bits per heavy atom. The summed E-state index contributed by atoms with van der Waals surface area (Å²) in [7, 11) is -0.866. The number of hydrogen-bond acceptors (Lipinski definition) is 7. The molecular formula is C19H21BClN5O2. The number of halogens is 1. The van der Waals surface area contributed by atoms with E-state index in [2.05, 4.69) is 26.7 Å². The number of anilines is 3. The molecule has 1 aliphatic carbocycles. The highest BCUT2D eigenvalue weighted by molar-refractivity contribution is 6.62. The van der Waals surface area contributed by atoms with E-state index in [1.54, 1.807) is 6.20 Å². The molecule has 1 fully saturated rings. The Morgan fingerprint density at radius 2 is 2.18 bits per heavy atom. The summed E-state index contributed by atoms with van der Waals surface area (Å²) in [6, 6.07) is 6.28. The zero-order valence-corrected chi connectivity index (χ0v) is 16.3. The van der Waals surface area contributed by atoms with E-state index in [9.17, 15) is 10.3 Å². The molecule has 3 N–H and O–H groups in total. The van der Waals surface area contributed by atoms with E-state index in [0.717, 1.165) is 48.0 Å². The van der Waals surface area contributed by atoms with Gasteiger partial charge in [-0.15, -0.1) is 0 Å². The maximum Gasteiger partial charge on any atom is 0.492 e. The van der Waals surface area contributed by atoms with E-state index in [1.807, 2.05) is 19.1 Å².